The maximum Gasteiger partial charge on any atom is 0.419 e. The number of hydrogen-bond acceptors (Lipinski definition) is 2. The predicted molar refractivity (Wildman–Crippen MR) is 60.0 cm³/mol. The molecule has 1 N–H and O–H groups in total. The van der Waals surface area contributed by atoms with E-state index in [9.17, 15) is 22.4 Å². The Morgan fingerprint density at radius 2 is 1.89 bits per heavy atom. The Morgan fingerprint density at radius 3 is 2.47 bits per heavy atom. The van der Waals surface area contributed by atoms with Crippen molar-refractivity contribution >= 4 is 0 Å². The summed E-state index contributed by atoms with van der Waals surface area (Å²) in [6, 6.07) is 3.90. The summed E-state index contributed by atoms with van der Waals surface area (Å²) in [5.74, 6) is -1.36. The van der Waals surface area contributed by atoms with Gasteiger partial charge in [-0.05, 0) is 31.2 Å². The van der Waals surface area contributed by atoms with Gasteiger partial charge in [0.25, 0.3) is 0 Å². The molecule has 0 aliphatic rings. The molecule has 0 aliphatic carbocycles. The SMILES string of the molecule is Cc1cc(-c2ccc(F)c(C(F)(F)F)c2)nc(=O)[nH]1. The van der Waals surface area contributed by atoms with Crippen molar-refractivity contribution in [3.63, 3.8) is 0 Å². The van der Waals surface area contributed by atoms with Crippen LogP contribution in [0.2, 0.25) is 0 Å². The van der Waals surface area contributed by atoms with Gasteiger partial charge < -0.3 is 4.98 Å². The number of hydrogen-bond donors (Lipinski definition) is 1. The summed E-state index contributed by atoms with van der Waals surface area (Å²) < 4.78 is 50.9. The molecule has 0 unspecified atom stereocenters. The third-order valence-corrected chi connectivity index (χ3v) is 2.45. The Balaban J connectivity index is 2.61. The molecule has 0 bridgehead atoms. The summed E-state index contributed by atoms with van der Waals surface area (Å²) in [5.41, 5.74) is -1.51. The zero-order chi connectivity index (χ0) is 14.2. The lowest BCUT2D eigenvalue weighted by molar-refractivity contribution is -0.139. The Hall–Kier alpha value is -2.18. The van der Waals surface area contributed by atoms with Crippen molar-refractivity contribution in [3.05, 3.63) is 51.8 Å². The largest absolute Gasteiger partial charge is 0.419 e. The summed E-state index contributed by atoms with van der Waals surface area (Å²) in [6.07, 6.45) is -4.80. The highest BCUT2D eigenvalue weighted by atomic mass is 19.4. The van der Waals surface area contributed by atoms with E-state index in [1.165, 1.54) is 6.07 Å². The molecule has 19 heavy (non-hydrogen) atoms. The molecule has 0 saturated carbocycles. The molecule has 3 nitrogen and oxygen atoms in total. The molecule has 0 amide bonds. The van der Waals surface area contributed by atoms with Crippen LogP contribution in [0.4, 0.5) is 17.6 Å². The first-order valence-corrected chi connectivity index (χ1v) is 5.22. The van der Waals surface area contributed by atoms with Crippen LogP contribution in [0.15, 0.2) is 29.1 Å². The topological polar surface area (TPSA) is 45.8 Å². The molecule has 0 atom stereocenters. The van der Waals surface area contributed by atoms with E-state index in [1.807, 2.05) is 0 Å². The van der Waals surface area contributed by atoms with E-state index in [1.54, 1.807) is 6.92 Å². The molecule has 7 heteroatoms. The number of aryl methyl sites for hydroxylation is 1. The van der Waals surface area contributed by atoms with E-state index in [2.05, 4.69) is 9.97 Å². The average molecular weight is 272 g/mol. The quantitative estimate of drug-likeness (QED) is 0.811. The van der Waals surface area contributed by atoms with Gasteiger partial charge >= 0.3 is 11.9 Å². The van der Waals surface area contributed by atoms with Crippen LogP contribution in [-0.2, 0) is 6.18 Å². The molecule has 100 valence electrons. The van der Waals surface area contributed by atoms with Crippen molar-refractivity contribution in [1.82, 2.24) is 9.97 Å². The number of benzene rings is 1. The predicted octanol–water partition coefficient (Wildman–Crippen LogP) is 2.90. The monoisotopic (exact) mass is 272 g/mol. The highest BCUT2D eigenvalue weighted by Crippen LogP contribution is 2.33. The number of halogens is 4. The molecule has 0 aliphatic heterocycles. The molecule has 0 spiro atoms. The minimum absolute atomic E-state index is 0.0305. The number of H-pyrrole nitrogens is 1. The van der Waals surface area contributed by atoms with Crippen molar-refractivity contribution in [2.45, 2.75) is 13.1 Å². The van der Waals surface area contributed by atoms with Gasteiger partial charge in [0.2, 0.25) is 0 Å². The smallest absolute Gasteiger partial charge is 0.310 e. The Morgan fingerprint density at radius 1 is 1.21 bits per heavy atom. The van der Waals surface area contributed by atoms with Crippen LogP contribution in [0.25, 0.3) is 11.3 Å². The summed E-state index contributed by atoms with van der Waals surface area (Å²) in [7, 11) is 0. The molecule has 2 rings (SSSR count). The van der Waals surface area contributed by atoms with Crippen LogP contribution in [0, 0.1) is 12.7 Å². The van der Waals surface area contributed by atoms with E-state index in [0.29, 0.717) is 17.8 Å². The van der Waals surface area contributed by atoms with E-state index in [0.717, 1.165) is 6.07 Å². The van der Waals surface area contributed by atoms with Gasteiger partial charge in [-0.3, -0.25) is 0 Å². The highest BCUT2D eigenvalue weighted by molar-refractivity contribution is 5.60. The van der Waals surface area contributed by atoms with Gasteiger partial charge in [0.1, 0.15) is 5.82 Å². The lowest BCUT2D eigenvalue weighted by Crippen LogP contribution is -2.13. The van der Waals surface area contributed by atoms with Gasteiger partial charge in [-0.2, -0.15) is 18.2 Å². The molecule has 1 aromatic carbocycles. The third-order valence-electron chi connectivity index (χ3n) is 2.45. The molecular formula is C12H8F4N2O. The van der Waals surface area contributed by atoms with Crippen molar-refractivity contribution in [2.24, 2.45) is 0 Å². The Bertz CT molecular complexity index is 676. The fourth-order valence-corrected chi connectivity index (χ4v) is 1.63. The second kappa shape index (κ2) is 4.49. The highest BCUT2D eigenvalue weighted by Gasteiger charge is 2.34. The van der Waals surface area contributed by atoms with E-state index < -0.39 is 23.2 Å². The van der Waals surface area contributed by atoms with E-state index in [4.69, 9.17) is 0 Å². The zero-order valence-corrected chi connectivity index (χ0v) is 9.68. The summed E-state index contributed by atoms with van der Waals surface area (Å²) in [5, 5.41) is 0. The van der Waals surface area contributed by atoms with E-state index in [-0.39, 0.29) is 11.3 Å². The standard InChI is InChI=1S/C12H8F4N2O/c1-6-4-10(18-11(19)17-6)7-2-3-9(13)8(5-7)12(14,15)16/h2-5H,1H3,(H,17,18,19). The molecule has 1 aromatic heterocycles. The van der Waals surface area contributed by atoms with Gasteiger partial charge in [-0.1, -0.05) is 0 Å². The van der Waals surface area contributed by atoms with Gasteiger partial charge in [0.15, 0.2) is 0 Å². The van der Waals surface area contributed by atoms with Crippen molar-refractivity contribution < 1.29 is 17.6 Å². The fourth-order valence-electron chi connectivity index (χ4n) is 1.63. The first-order valence-electron chi connectivity index (χ1n) is 5.22. The maximum absolute atomic E-state index is 13.1. The maximum atomic E-state index is 13.1. The number of aromatic nitrogens is 2. The molecular weight excluding hydrogens is 264 g/mol. The zero-order valence-electron chi connectivity index (χ0n) is 9.68. The van der Waals surface area contributed by atoms with Crippen molar-refractivity contribution in [2.75, 3.05) is 0 Å². The normalized spacial score (nSPS) is 11.6. The summed E-state index contributed by atoms with van der Waals surface area (Å²) in [4.78, 5) is 17.1. The van der Waals surface area contributed by atoms with Gasteiger partial charge in [-0.15, -0.1) is 0 Å². The first-order chi connectivity index (χ1) is 8.77. The van der Waals surface area contributed by atoms with Crippen LogP contribution in [-0.4, -0.2) is 9.97 Å². The fraction of sp³-hybridized carbons (Fsp3) is 0.167. The second-order valence-corrected chi connectivity index (χ2v) is 3.95. The van der Waals surface area contributed by atoms with Gasteiger partial charge in [-0.25, -0.2) is 9.18 Å². The second-order valence-electron chi connectivity index (χ2n) is 3.95. The third kappa shape index (κ3) is 2.81. The Labute approximate surface area is 104 Å². The van der Waals surface area contributed by atoms with Crippen LogP contribution < -0.4 is 5.69 Å². The molecule has 0 saturated heterocycles. The number of rotatable bonds is 1. The van der Waals surface area contributed by atoms with Crippen LogP contribution in [0.5, 0.6) is 0 Å². The number of alkyl halides is 3. The van der Waals surface area contributed by atoms with Crippen molar-refractivity contribution in [1.29, 1.82) is 0 Å². The number of aromatic amines is 1. The Kier molecular flexibility index (Phi) is 3.13. The molecule has 1 heterocycles. The van der Waals surface area contributed by atoms with Crippen molar-refractivity contribution in [3.8, 4) is 11.3 Å². The summed E-state index contributed by atoms with van der Waals surface area (Å²) in [6.45, 7) is 1.57. The minimum Gasteiger partial charge on any atom is -0.310 e. The van der Waals surface area contributed by atoms with E-state index >= 15 is 0 Å². The van der Waals surface area contributed by atoms with Gasteiger partial charge in [0.05, 0.1) is 11.3 Å². The van der Waals surface area contributed by atoms with Crippen LogP contribution in [0.1, 0.15) is 11.3 Å². The molecule has 2 aromatic rings. The molecule has 0 radical (unpaired) electrons. The van der Waals surface area contributed by atoms with Crippen LogP contribution >= 0.6 is 0 Å². The summed E-state index contributed by atoms with van der Waals surface area (Å²) >= 11 is 0. The molecule has 0 fully saturated rings. The lowest BCUT2D eigenvalue weighted by Gasteiger charge is -2.09. The van der Waals surface area contributed by atoms with Crippen LogP contribution in [0.3, 0.4) is 0 Å². The van der Waals surface area contributed by atoms with Gasteiger partial charge in [0, 0.05) is 11.3 Å². The first kappa shape index (κ1) is 13.3. The number of nitrogens with one attached hydrogen (secondary N) is 1. The minimum atomic E-state index is -4.80. The average Bonchev–Trinajstić information content (AvgIpc) is 2.26. The lowest BCUT2D eigenvalue weighted by atomic mass is 10.1. The number of nitrogens with zero attached hydrogens (tertiary/aromatic N) is 1.